The third-order valence-corrected chi connectivity index (χ3v) is 6.92. The monoisotopic (exact) mass is 549 g/mol. The highest BCUT2D eigenvalue weighted by atomic mass is 127. The zero-order valence-corrected chi connectivity index (χ0v) is 22.5. The average molecular weight is 550 g/mol. The first-order valence-corrected chi connectivity index (χ1v) is 11.9. The summed E-state index contributed by atoms with van der Waals surface area (Å²) in [6.07, 6.45) is 9.54. The van der Waals surface area contributed by atoms with Crippen LogP contribution in [0.15, 0.2) is 4.99 Å². The molecule has 1 amide bonds. The summed E-state index contributed by atoms with van der Waals surface area (Å²) in [6.45, 7) is 8.25. The highest BCUT2D eigenvalue weighted by Crippen LogP contribution is 2.32. The summed E-state index contributed by atoms with van der Waals surface area (Å²) in [4.78, 5) is 21.3. The first-order chi connectivity index (χ1) is 14.2. The number of carbonyl (C=O) groups excluding carboxylic acids is 1. The Hall–Kier alpha value is -0.770. The Bertz CT molecular complexity index is 595. The number of hydrogen-bond acceptors (Lipinski definition) is 4. The van der Waals surface area contributed by atoms with Crippen LogP contribution >= 0.6 is 24.0 Å². The molecule has 3 saturated heterocycles. The summed E-state index contributed by atoms with van der Waals surface area (Å²) in [7, 11) is 4.15. The van der Waals surface area contributed by atoms with Gasteiger partial charge in [0.15, 0.2) is 5.96 Å². The second-order valence-electron chi connectivity index (χ2n) is 10.4. The molecule has 2 N–H and O–H groups in total. The van der Waals surface area contributed by atoms with Gasteiger partial charge in [0.2, 0.25) is 0 Å². The van der Waals surface area contributed by atoms with E-state index in [1.54, 1.807) is 0 Å². The molecule has 3 aliphatic rings. The highest BCUT2D eigenvalue weighted by molar-refractivity contribution is 14.0. The van der Waals surface area contributed by atoms with Crippen molar-refractivity contribution in [1.82, 2.24) is 20.4 Å². The van der Waals surface area contributed by atoms with Crippen molar-refractivity contribution in [3.8, 4) is 0 Å². The number of nitrogens with one attached hydrogen (secondary N) is 2. The van der Waals surface area contributed by atoms with Crippen molar-refractivity contribution in [2.75, 3.05) is 33.7 Å². The summed E-state index contributed by atoms with van der Waals surface area (Å²) < 4.78 is 5.55. The predicted octanol–water partition coefficient (Wildman–Crippen LogP) is 3.82. The molecule has 3 aliphatic heterocycles. The fraction of sp³-hybridized carbons (Fsp3) is 0.913. The van der Waals surface area contributed by atoms with Crippen molar-refractivity contribution in [1.29, 1.82) is 0 Å². The molecule has 0 aromatic carbocycles. The van der Waals surface area contributed by atoms with Gasteiger partial charge in [0.05, 0.1) is 0 Å². The highest BCUT2D eigenvalue weighted by Gasteiger charge is 2.36. The van der Waals surface area contributed by atoms with Gasteiger partial charge in [-0.1, -0.05) is 6.42 Å². The zero-order valence-electron chi connectivity index (χ0n) is 20.2. The molecule has 0 aromatic heterocycles. The SMILES string of the molecule is CN=C(NCCC1CCCN(C(=O)OC(C)(C)C)C1)NC1CC2CCCC(C1)N2C.I. The van der Waals surface area contributed by atoms with Gasteiger partial charge in [0.1, 0.15) is 5.60 Å². The molecule has 0 saturated carbocycles. The number of amides is 1. The van der Waals surface area contributed by atoms with Crippen LogP contribution < -0.4 is 10.6 Å². The lowest BCUT2D eigenvalue weighted by Crippen LogP contribution is -2.56. The van der Waals surface area contributed by atoms with Crippen LogP contribution in [0.4, 0.5) is 4.79 Å². The van der Waals surface area contributed by atoms with E-state index in [4.69, 9.17) is 4.74 Å². The molecule has 180 valence electrons. The van der Waals surface area contributed by atoms with Crippen LogP contribution in [0.3, 0.4) is 0 Å². The Balaban J connectivity index is 0.00000341. The van der Waals surface area contributed by atoms with Crippen molar-refractivity contribution in [3.63, 3.8) is 0 Å². The molecular weight excluding hydrogens is 505 g/mol. The standard InChI is InChI=1S/C23H43N5O2.HI/c1-23(2,3)30-22(29)28-13-7-8-17(16-28)11-12-25-21(24-4)26-18-14-19-9-6-10-20(15-18)27(19)5;/h17-20H,6-16H2,1-5H3,(H2,24,25,26);1H. The van der Waals surface area contributed by atoms with Crippen molar-refractivity contribution >= 4 is 36.0 Å². The lowest BCUT2D eigenvalue weighted by atomic mass is 9.82. The van der Waals surface area contributed by atoms with E-state index in [0.717, 1.165) is 38.4 Å². The van der Waals surface area contributed by atoms with E-state index in [1.165, 1.54) is 38.5 Å². The van der Waals surface area contributed by atoms with Crippen molar-refractivity contribution < 1.29 is 9.53 Å². The number of fused-ring (bicyclic) bond motifs is 2. The molecule has 2 bridgehead atoms. The number of halogens is 1. The lowest BCUT2D eigenvalue weighted by molar-refractivity contribution is 0.0162. The molecule has 3 atom stereocenters. The number of nitrogens with zero attached hydrogens (tertiary/aromatic N) is 3. The molecule has 7 nitrogen and oxygen atoms in total. The minimum atomic E-state index is -0.434. The summed E-state index contributed by atoms with van der Waals surface area (Å²) in [5, 5.41) is 7.19. The van der Waals surface area contributed by atoms with Gasteiger partial charge in [0, 0.05) is 44.8 Å². The van der Waals surface area contributed by atoms with Crippen LogP contribution in [-0.4, -0.2) is 79.3 Å². The lowest BCUT2D eigenvalue weighted by Gasteiger charge is -2.47. The van der Waals surface area contributed by atoms with E-state index in [0.29, 0.717) is 24.0 Å². The van der Waals surface area contributed by atoms with Crippen LogP contribution in [0.5, 0.6) is 0 Å². The Morgan fingerprint density at radius 1 is 1.13 bits per heavy atom. The van der Waals surface area contributed by atoms with Crippen LogP contribution in [0.1, 0.15) is 72.1 Å². The summed E-state index contributed by atoms with van der Waals surface area (Å²) in [5.74, 6) is 1.43. The largest absolute Gasteiger partial charge is 0.444 e. The number of ether oxygens (including phenoxy) is 1. The number of likely N-dealkylation sites (tertiary alicyclic amines) is 1. The third-order valence-electron chi connectivity index (χ3n) is 6.92. The van der Waals surface area contributed by atoms with Crippen LogP contribution in [-0.2, 0) is 4.74 Å². The molecule has 8 heteroatoms. The van der Waals surface area contributed by atoms with Crippen molar-refractivity contribution in [3.05, 3.63) is 0 Å². The number of rotatable bonds is 4. The number of piperidine rings is 3. The summed E-state index contributed by atoms with van der Waals surface area (Å²) in [6, 6.07) is 1.95. The summed E-state index contributed by atoms with van der Waals surface area (Å²) in [5.41, 5.74) is -0.434. The predicted molar refractivity (Wildman–Crippen MR) is 137 cm³/mol. The maximum Gasteiger partial charge on any atom is 0.410 e. The van der Waals surface area contributed by atoms with Crippen LogP contribution in [0, 0.1) is 5.92 Å². The Morgan fingerprint density at radius 2 is 1.81 bits per heavy atom. The first kappa shape index (κ1) is 26.5. The quantitative estimate of drug-likeness (QED) is 0.317. The Kier molecular flexibility index (Phi) is 10.2. The van der Waals surface area contributed by atoms with Gasteiger partial charge in [-0.15, -0.1) is 24.0 Å². The number of aliphatic imine (C=N–C) groups is 1. The van der Waals surface area contributed by atoms with Gasteiger partial charge in [-0.2, -0.15) is 0 Å². The van der Waals surface area contributed by atoms with Gasteiger partial charge in [0.25, 0.3) is 0 Å². The van der Waals surface area contributed by atoms with Gasteiger partial charge in [-0.05, 0) is 78.7 Å². The van der Waals surface area contributed by atoms with Gasteiger partial charge < -0.3 is 25.2 Å². The fourth-order valence-electron chi connectivity index (χ4n) is 5.31. The smallest absolute Gasteiger partial charge is 0.410 e. The molecule has 3 rings (SSSR count). The molecule has 0 spiro atoms. The maximum atomic E-state index is 12.4. The van der Waals surface area contributed by atoms with Crippen molar-refractivity contribution in [2.24, 2.45) is 10.9 Å². The molecular formula is C23H44IN5O2. The van der Waals surface area contributed by atoms with E-state index in [9.17, 15) is 4.79 Å². The van der Waals surface area contributed by atoms with E-state index < -0.39 is 5.60 Å². The minimum Gasteiger partial charge on any atom is -0.444 e. The minimum absolute atomic E-state index is 0. The maximum absolute atomic E-state index is 12.4. The van der Waals surface area contributed by atoms with Gasteiger partial charge >= 0.3 is 6.09 Å². The van der Waals surface area contributed by atoms with Gasteiger partial charge in [-0.25, -0.2) is 4.79 Å². The number of guanidine groups is 1. The zero-order chi connectivity index (χ0) is 21.7. The van der Waals surface area contributed by atoms with E-state index in [2.05, 4.69) is 27.6 Å². The molecule has 3 unspecified atom stereocenters. The molecule has 0 aromatic rings. The van der Waals surface area contributed by atoms with Gasteiger partial charge in [-0.3, -0.25) is 4.99 Å². The van der Waals surface area contributed by atoms with Crippen LogP contribution in [0.2, 0.25) is 0 Å². The molecule has 3 heterocycles. The Labute approximate surface area is 206 Å². The van der Waals surface area contributed by atoms with E-state index in [-0.39, 0.29) is 30.1 Å². The number of hydrogen-bond donors (Lipinski definition) is 2. The topological polar surface area (TPSA) is 69.2 Å². The normalized spacial score (nSPS) is 29.7. The van der Waals surface area contributed by atoms with Crippen molar-refractivity contribution in [2.45, 2.75) is 95.9 Å². The van der Waals surface area contributed by atoms with E-state index >= 15 is 0 Å². The molecule has 0 aliphatic carbocycles. The second-order valence-corrected chi connectivity index (χ2v) is 10.4. The third kappa shape index (κ3) is 7.94. The van der Waals surface area contributed by atoms with Crippen LogP contribution in [0.25, 0.3) is 0 Å². The second kappa shape index (κ2) is 11.9. The molecule has 0 radical (unpaired) electrons. The number of carbonyl (C=O) groups is 1. The Morgan fingerprint density at radius 3 is 2.42 bits per heavy atom. The fourth-order valence-corrected chi connectivity index (χ4v) is 5.31. The summed E-state index contributed by atoms with van der Waals surface area (Å²) >= 11 is 0. The molecule has 31 heavy (non-hydrogen) atoms. The van der Waals surface area contributed by atoms with E-state index in [1.807, 2.05) is 32.7 Å². The molecule has 3 fully saturated rings. The average Bonchev–Trinajstić information content (AvgIpc) is 2.67. The first-order valence-electron chi connectivity index (χ1n) is 11.9.